The third-order valence-electron chi connectivity index (χ3n) is 11.3. The molecule has 40 heavy (non-hydrogen) atoms. The lowest BCUT2D eigenvalue weighted by molar-refractivity contribution is 0.412. The van der Waals surface area contributed by atoms with Crippen LogP contribution < -0.4 is 4.74 Å². The molecule has 1 nitrogen and oxygen atoms in total. The quantitative estimate of drug-likeness (QED) is 0.269. The Labute approximate surface area is 248 Å². The minimum Gasteiger partial charge on any atom is -0.496 e. The largest absolute Gasteiger partial charge is 0.496 e. The first-order chi connectivity index (χ1) is 19.8. The highest BCUT2D eigenvalue weighted by Crippen LogP contribution is 2.60. The van der Waals surface area contributed by atoms with Gasteiger partial charge in [-0.2, -0.15) is 0 Å². The Bertz CT molecular complexity index is 1020. The molecule has 6 rings (SSSR count). The van der Waals surface area contributed by atoms with Crippen molar-refractivity contribution in [3.8, 4) is 5.75 Å². The van der Waals surface area contributed by atoms with Gasteiger partial charge in [0.25, 0.3) is 0 Å². The van der Waals surface area contributed by atoms with Gasteiger partial charge in [0.2, 0.25) is 0 Å². The van der Waals surface area contributed by atoms with Gasteiger partial charge in [0, 0.05) is 5.56 Å². The standard InChI is InChI=1S/C37H56OP2/c1-38-37-25-23-30-26-29(27-39(31-14-6-2-7-15-31)32-16-8-3-9-17-32)22-24-35(30)36(37)28-40(33-18-10-4-11-19-33)34-20-12-5-13-21-34/h22-26,31-34H,2-21,27-28H2,1H3. The Hall–Kier alpha value is -0.640. The maximum Gasteiger partial charge on any atom is 0.123 e. The molecule has 4 aliphatic rings. The summed E-state index contributed by atoms with van der Waals surface area (Å²) >= 11 is 0. The molecule has 4 saturated carbocycles. The molecule has 3 heteroatoms. The van der Waals surface area contributed by atoms with Crippen molar-refractivity contribution in [3.05, 3.63) is 41.5 Å². The van der Waals surface area contributed by atoms with Gasteiger partial charge >= 0.3 is 0 Å². The van der Waals surface area contributed by atoms with Crippen molar-refractivity contribution in [2.45, 2.75) is 163 Å². The maximum atomic E-state index is 6.10. The Morgan fingerprint density at radius 3 is 1.45 bits per heavy atom. The van der Waals surface area contributed by atoms with Gasteiger partial charge in [0.1, 0.15) is 5.75 Å². The second-order valence-electron chi connectivity index (χ2n) is 13.8. The van der Waals surface area contributed by atoms with Gasteiger partial charge in [-0.25, -0.2) is 0 Å². The predicted molar refractivity (Wildman–Crippen MR) is 179 cm³/mol. The first-order valence-electron chi connectivity index (χ1n) is 17.4. The molecule has 4 aliphatic carbocycles. The lowest BCUT2D eigenvalue weighted by Crippen LogP contribution is -2.21. The molecule has 0 amide bonds. The zero-order valence-electron chi connectivity index (χ0n) is 25.6. The van der Waals surface area contributed by atoms with Crippen molar-refractivity contribution >= 4 is 26.6 Å². The van der Waals surface area contributed by atoms with Crippen LogP contribution in [-0.2, 0) is 12.3 Å². The van der Waals surface area contributed by atoms with Crippen LogP contribution in [0.15, 0.2) is 30.3 Å². The van der Waals surface area contributed by atoms with Crippen molar-refractivity contribution < 1.29 is 4.74 Å². The topological polar surface area (TPSA) is 9.23 Å². The first kappa shape index (κ1) is 29.4. The summed E-state index contributed by atoms with van der Waals surface area (Å²) in [5.74, 6) is 1.16. The van der Waals surface area contributed by atoms with Crippen LogP contribution in [0.25, 0.3) is 10.8 Å². The van der Waals surface area contributed by atoms with Gasteiger partial charge in [-0.15, -0.1) is 0 Å². The van der Waals surface area contributed by atoms with E-state index in [0.717, 1.165) is 28.4 Å². The smallest absolute Gasteiger partial charge is 0.123 e. The summed E-state index contributed by atoms with van der Waals surface area (Å²) in [5.41, 5.74) is 7.22. The van der Waals surface area contributed by atoms with Crippen LogP contribution in [0.5, 0.6) is 5.75 Å². The summed E-state index contributed by atoms with van der Waals surface area (Å²) in [4.78, 5) is 0. The van der Waals surface area contributed by atoms with Crippen molar-refractivity contribution in [1.29, 1.82) is 0 Å². The highest BCUT2D eigenvalue weighted by Gasteiger charge is 2.33. The summed E-state index contributed by atoms with van der Waals surface area (Å²) in [6.07, 6.45) is 32.4. The second-order valence-corrected chi connectivity index (χ2v) is 19.4. The number of methoxy groups -OCH3 is 1. The van der Waals surface area contributed by atoms with E-state index >= 15 is 0 Å². The third-order valence-corrected chi connectivity index (χ3v) is 18.5. The summed E-state index contributed by atoms with van der Waals surface area (Å²) in [7, 11) is 2.02. The third kappa shape index (κ3) is 7.11. The predicted octanol–water partition coefficient (Wildman–Crippen LogP) is 12.1. The minimum atomic E-state index is 0.0156. The van der Waals surface area contributed by atoms with E-state index in [1.807, 2.05) is 7.11 Å². The van der Waals surface area contributed by atoms with Crippen LogP contribution >= 0.6 is 15.8 Å². The van der Waals surface area contributed by atoms with Crippen molar-refractivity contribution in [2.24, 2.45) is 0 Å². The van der Waals surface area contributed by atoms with Crippen LogP contribution in [0.2, 0.25) is 0 Å². The van der Waals surface area contributed by atoms with E-state index in [-0.39, 0.29) is 15.8 Å². The Morgan fingerprint density at radius 1 is 0.550 bits per heavy atom. The molecule has 0 heterocycles. The van der Waals surface area contributed by atoms with Gasteiger partial charge in [0.05, 0.1) is 7.11 Å². The summed E-state index contributed by atoms with van der Waals surface area (Å²) in [5, 5.41) is 2.99. The maximum absolute atomic E-state index is 6.10. The molecule has 0 radical (unpaired) electrons. The molecular weight excluding hydrogens is 522 g/mol. The summed E-state index contributed by atoms with van der Waals surface area (Å²) < 4.78 is 6.10. The molecule has 0 N–H and O–H groups in total. The van der Waals surface area contributed by atoms with Gasteiger partial charge in [-0.1, -0.05) is 117 Å². The SMILES string of the molecule is COc1ccc2cc(CP(C3CCCCC3)C3CCCCC3)ccc2c1CP(C1CCCCC1)C1CCCCC1. The molecule has 0 spiro atoms. The van der Waals surface area contributed by atoms with Crippen LogP contribution in [-0.4, -0.2) is 29.7 Å². The molecule has 0 saturated heterocycles. The monoisotopic (exact) mass is 578 g/mol. The fraction of sp³-hybridized carbons (Fsp3) is 0.730. The highest BCUT2D eigenvalue weighted by atomic mass is 31.1. The minimum absolute atomic E-state index is 0.0156. The molecule has 0 aromatic heterocycles. The van der Waals surface area contributed by atoms with Crippen molar-refractivity contribution in [1.82, 2.24) is 0 Å². The van der Waals surface area contributed by atoms with E-state index in [9.17, 15) is 0 Å². The second kappa shape index (κ2) is 14.7. The Kier molecular flexibility index (Phi) is 10.8. The zero-order valence-corrected chi connectivity index (χ0v) is 27.3. The van der Waals surface area contributed by atoms with Gasteiger partial charge in [-0.3, -0.25) is 0 Å². The molecule has 4 fully saturated rings. The van der Waals surface area contributed by atoms with Crippen LogP contribution in [0, 0.1) is 0 Å². The van der Waals surface area contributed by atoms with E-state index < -0.39 is 0 Å². The number of rotatable bonds is 9. The molecule has 0 unspecified atom stereocenters. The highest BCUT2D eigenvalue weighted by molar-refractivity contribution is 7.58. The fourth-order valence-corrected chi connectivity index (χ4v) is 16.7. The van der Waals surface area contributed by atoms with Gasteiger partial charge < -0.3 is 4.74 Å². The van der Waals surface area contributed by atoms with Crippen molar-refractivity contribution in [3.63, 3.8) is 0 Å². The molecule has 0 atom stereocenters. The average Bonchev–Trinajstić information content (AvgIpc) is 3.04. The molecule has 220 valence electrons. The number of hydrogen-bond donors (Lipinski definition) is 0. The van der Waals surface area contributed by atoms with Crippen LogP contribution in [0.4, 0.5) is 0 Å². The van der Waals surface area contributed by atoms with E-state index in [1.165, 1.54) is 152 Å². The van der Waals surface area contributed by atoms with E-state index in [1.54, 1.807) is 11.1 Å². The van der Waals surface area contributed by atoms with Crippen LogP contribution in [0.1, 0.15) is 140 Å². The summed E-state index contributed by atoms with van der Waals surface area (Å²) in [6, 6.07) is 12.4. The zero-order chi connectivity index (χ0) is 27.1. The Balaban J connectivity index is 1.28. The van der Waals surface area contributed by atoms with Gasteiger partial charge in [0.15, 0.2) is 0 Å². The average molecular weight is 579 g/mol. The van der Waals surface area contributed by atoms with E-state index in [4.69, 9.17) is 4.74 Å². The number of hydrogen-bond acceptors (Lipinski definition) is 1. The number of benzene rings is 2. The van der Waals surface area contributed by atoms with Gasteiger partial charge in [-0.05, 0) is 109 Å². The number of ether oxygens (including phenoxy) is 1. The fourth-order valence-electron chi connectivity index (χ4n) is 9.03. The summed E-state index contributed by atoms with van der Waals surface area (Å²) in [6.45, 7) is 0. The molecule has 0 bridgehead atoms. The molecule has 2 aromatic carbocycles. The molecule has 0 aliphatic heterocycles. The molecule has 2 aromatic rings. The first-order valence-corrected chi connectivity index (χ1v) is 20.7. The normalized spacial score (nSPS) is 22.9. The lowest BCUT2D eigenvalue weighted by Gasteiger charge is -2.39. The Morgan fingerprint density at radius 2 is 1.00 bits per heavy atom. The lowest BCUT2D eigenvalue weighted by atomic mass is 9.99. The molecular formula is C37H56OP2. The van der Waals surface area contributed by atoms with E-state index in [2.05, 4.69) is 30.3 Å². The van der Waals surface area contributed by atoms with E-state index in [0.29, 0.717) is 0 Å². The van der Waals surface area contributed by atoms with Crippen molar-refractivity contribution in [2.75, 3.05) is 7.11 Å². The van der Waals surface area contributed by atoms with Crippen LogP contribution in [0.3, 0.4) is 0 Å². The number of fused-ring (bicyclic) bond motifs is 1.